The van der Waals surface area contributed by atoms with Crippen molar-refractivity contribution in [1.29, 1.82) is 0 Å². The molecule has 0 aliphatic carbocycles. The molecule has 1 aliphatic heterocycles. The number of nitrogens with one attached hydrogen (secondary N) is 2. The van der Waals surface area contributed by atoms with E-state index in [1.54, 1.807) is 24.4 Å². The minimum Gasteiger partial charge on any atom is -0.465 e. The van der Waals surface area contributed by atoms with Gasteiger partial charge in [-0.3, -0.25) is 9.59 Å². The zero-order valence-corrected chi connectivity index (χ0v) is 31.1. The molecule has 0 fully saturated rings. The van der Waals surface area contributed by atoms with E-state index < -0.39 is 14.3 Å². The molecule has 4 rings (SSSR count). The van der Waals surface area contributed by atoms with E-state index in [1.807, 2.05) is 17.0 Å². The first-order chi connectivity index (χ1) is 22.8. The van der Waals surface area contributed by atoms with Crippen molar-refractivity contribution in [3.05, 3.63) is 76.1 Å². The number of H-pyrrole nitrogens is 1. The molecular formula is C38H54N4O5Si. The van der Waals surface area contributed by atoms with Crippen molar-refractivity contribution in [1.82, 2.24) is 20.2 Å². The molecule has 0 radical (unpaired) electrons. The van der Waals surface area contributed by atoms with E-state index in [0.717, 1.165) is 49.9 Å². The van der Waals surface area contributed by atoms with Crippen LogP contribution in [0.1, 0.15) is 103 Å². The van der Waals surface area contributed by atoms with Crippen LogP contribution < -0.4 is 5.32 Å². The first kappa shape index (κ1) is 37.2. The lowest BCUT2D eigenvalue weighted by Crippen LogP contribution is -2.47. The highest BCUT2D eigenvalue weighted by atomic mass is 28.4. The van der Waals surface area contributed by atoms with E-state index in [2.05, 4.69) is 69.1 Å². The summed E-state index contributed by atoms with van der Waals surface area (Å²) in [4.78, 5) is 50.2. The van der Waals surface area contributed by atoms with E-state index >= 15 is 0 Å². The van der Waals surface area contributed by atoms with Gasteiger partial charge in [0.05, 0.1) is 19.1 Å². The molecule has 3 aromatic rings. The van der Waals surface area contributed by atoms with Crippen molar-refractivity contribution < 1.29 is 23.5 Å². The summed E-state index contributed by atoms with van der Waals surface area (Å²) in [6.07, 6.45) is 6.48. The fourth-order valence-electron chi connectivity index (χ4n) is 5.72. The first-order valence-electron chi connectivity index (χ1n) is 17.4. The summed E-state index contributed by atoms with van der Waals surface area (Å²) < 4.78 is 11.5. The van der Waals surface area contributed by atoms with Crippen LogP contribution in [0.3, 0.4) is 0 Å². The van der Waals surface area contributed by atoms with Gasteiger partial charge in [0.1, 0.15) is 5.82 Å². The molecule has 10 heteroatoms. The maximum absolute atomic E-state index is 14.5. The highest BCUT2D eigenvalue weighted by molar-refractivity contribution is 6.74. The van der Waals surface area contributed by atoms with Gasteiger partial charge in [-0.2, -0.15) is 0 Å². The van der Waals surface area contributed by atoms with Gasteiger partial charge in [0.2, 0.25) is 5.91 Å². The second-order valence-electron chi connectivity index (χ2n) is 14.4. The third-order valence-electron chi connectivity index (χ3n) is 9.83. The van der Waals surface area contributed by atoms with Gasteiger partial charge in [-0.15, -0.1) is 0 Å². The number of carbonyl (C=O) groups is 3. The lowest BCUT2D eigenvalue weighted by Gasteiger charge is -2.38. The quantitative estimate of drug-likeness (QED) is 0.100. The average molecular weight is 675 g/mol. The topological polar surface area (TPSA) is 114 Å². The van der Waals surface area contributed by atoms with Crippen LogP contribution in [0.25, 0.3) is 11.4 Å². The Morgan fingerprint density at radius 2 is 1.73 bits per heavy atom. The predicted molar refractivity (Wildman–Crippen MR) is 193 cm³/mol. The molecule has 0 bridgehead atoms. The molecule has 260 valence electrons. The standard InChI is InChI=1S/C38H54N4O5Si/c1-9-11-18-42(19-12-10-2)34(43)22-28-24-40-36(41-28)31-17-16-26(37(45)46-6)20-33(31)35(44)30-15-13-14-27-23-39-29(21-32(27)30)25-47-48(7,8)38(3,4)5/h13-17,20,24,29,39H,9-12,18-19,21-23,25H2,1-8H3,(H,40,41). The van der Waals surface area contributed by atoms with Gasteiger partial charge in [-0.25, -0.2) is 9.78 Å². The second kappa shape index (κ2) is 16.2. The number of unbranched alkanes of at least 4 members (excludes halogenated alkanes) is 2. The van der Waals surface area contributed by atoms with Gasteiger partial charge in [-0.05, 0) is 66.7 Å². The number of hydrogen-bond acceptors (Lipinski definition) is 7. The normalized spacial score (nSPS) is 14.8. The van der Waals surface area contributed by atoms with Crippen molar-refractivity contribution in [3.63, 3.8) is 0 Å². The number of aromatic nitrogens is 2. The van der Waals surface area contributed by atoms with E-state index in [-0.39, 0.29) is 34.8 Å². The highest BCUT2D eigenvalue weighted by Gasteiger charge is 2.38. The van der Waals surface area contributed by atoms with Gasteiger partial charge >= 0.3 is 5.97 Å². The number of carbonyl (C=O) groups excluding carboxylic acids is 3. The Morgan fingerprint density at radius 3 is 2.38 bits per heavy atom. The lowest BCUT2D eigenvalue weighted by atomic mass is 9.87. The first-order valence-corrected chi connectivity index (χ1v) is 20.3. The SMILES string of the molecule is CCCCN(CCCC)C(=O)Cc1cnc(-c2ccc(C(=O)OC)cc2C(=O)c2cccc3c2CC(CO[Si](C)(C)C(C)(C)C)NC3)[nH]1. The van der Waals surface area contributed by atoms with E-state index in [1.165, 1.54) is 7.11 Å². The van der Waals surface area contributed by atoms with Gasteiger partial charge in [0.15, 0.2) is 14.1 Å². The number of amides is 1. The smallest absolute Gasteiger partial charge is 0.337 e. The number of aromatic amines is 1. The molecule has 2 N–H and O–H groups in total. The van der Waals surface area contributed by atoms with Crippen molar-refractivity contribution in [2.45, 2.75) is 104 Å². The van der Waals surface area contributed by atoms with E-state index in [4.69, 9.17) is 9.16 Å². The van der Waals surface area contributed by atoms with Gasteiger partial charge in [0.25, 0.3) is 0 Å². The Balaban J connectivity index is 1.64. The molecule has 1 aliphatic rings. The monoisotopic (exact) mass is 674 g/mol. The summed E-state index contributed by atoms with van der Waals surface area (Å²) in [6, 6.07) is 10.8. The number of ketones is 1. The summed E-state index contributed by atoms with van der Waals surface area (Å²) in [6.45, 7) is 18.1. The number of benzene rings is 2. The number of ether oxygens (including phenoxy) is 1. The Morgan fingerprint density at radius 1 is 1.02 bits per heavy atom. The van der Waals surface area contributed by atoms with Crippen LogP contribution in [0.5, 0.6) is 0 Å². The second-order valence-corrected chi connectivity index (χ2v) is 19.2. The third kappa shape index (κ3) is 8.89. The molecule has 2 heterocycles. The minimum absolute atomic E-state index is 0.0565. The molecule has 2 aromatic carbocycles. The molecule has 1 atom stereocenters. The lowest BCUT2D eigenvalue weighted by molar-refractivity contribution is -0.130. The Hall–Kier alpha value is -3.60. The molecule has 9 nitrogen and oxygen atoms in total. The number of nitrogens with zero attached hydrogens (tertiary/aromatic N) is 2. The average Bonchev–Trinajstić information content (AvgIpc) is 3.53. The molecular weight excluding hydrogens is 621 g/mol. The number of rotatable bonds is 15. The molecule has 1 amide bonds. The van der Waals surface area contributed by atoms with E-state index in [9.17, 15) is 14.4 Å². The molecule has 0 spiro atoms. The maximum atomic E-state index is 14.5. The van der Waals surface area contributed by atoms with Crippen molar-refractivity contribution in [2.75, 3.05) is 26.8 Å². The summed E-state index contributed by atoms with van der Waals surface area (Å²) in [5.74, 6) is -0.194. The zero-order chi connectivity index (χ0) is 35.1. The van der Waals surface area contributed by atoms with Crippen LogP contribution in [-0.4, -0.2) is 73.7 Å². The van der Waals surface area contributed by atoms with Gasteiger partial charge < -0.3 is 24.4 Å². The largest absolute Gasteiger partial charge is 0.465 e. The number of fused-ring (bicyclic) bond motifs is 1. The van der Waals surface area contributed by atoms with Gasteiger partial charge in [-0.1, -0.05) is 65.7 Å². The van der Waals surface area contributed by atoms with Crippen LogP contribution in [0.4, 0.5) is 0 Å². The Labute approximate surface area is 287 Å². The number of esters is 1. The molecule has 1 unspecified atom stereocenters. The zero-order valence-electron chi connectivity index (χ0n) is 30.1. The van der Waals surface area contributed by atoms with Crippen LogP contribution in [0.15, 0.2) is 42.6 Å². The molecule has 0 saturated heterocycles. The van der Waals surface area contributed by atoms with Crippen molar-refractivity contribution >= 4 is 26.0 Å². The fourth-order valence-corrected chi connectivity index (χ4v) is 6.77. The van der Waals surface area contributed by atoms with E-state index in [0.29, 0.717) is 47.8 Å². The van der Waals surface area contributed by atoms with Crippen molar-refractivity contribution in [2.24, 2.45) is 0 Å². The van der Waals surface area contributed by atoms with Crippen LogP contribution in [0.2, 0.25) is 18.1 Å². The summed E-state index contributed by atoms with van der Waals surface area (Å²) in [5.41, 5.74) is 4.52. The van der Waals surface area contributed by atoms with Crippen LogP contribution >= 0.6 is 0 Å². The summed E-state index contributed by atoms with van der Waals surface area (Å²) in [7, 11) is -0.623. The Kier molecular flexibility index (Phi) is 12.6. The molecule has 48 heavy (non-hydrogen) atoms. The predicted octanol–water partition coefficient (Wildman–Crippen LogP) is 7.10. The number of methoxy groups -OCH3 is 1. The Bertz CT molecular complexity index is 1580. The fraction of sp³-hybridized carbons (Fsp3) is 0.526. The highest BCUT2D eigenvalue weighted by Crippen LogP contribution is 2.37. The van der Waals surface area contributed by atoms with Crippen LogP contribution in [-0.2, 0) is 33.3 Å². The molecule has 0 saturated carbocycles. The molecule has 1 aromatic heterocycles. The summed E-state index contributed by atoms with van der Waals surface area (Å²) >= 11 is 0. The maximum Gasteiger partial charge on any atom is 0.337 e. The minimum atomic E-state index is -1.95. The third-order valence-corrected chi connectivity index (χ3v) is 14.3. The number of imidazole rings is 1. The van der Waals surface area contributed by atoms with Gasteiger partial charge in [0, 0.05) is 60.9 Å². The number of hydrogen-bond donors (Lipinski definition) is 2. The van der Waals surface area contributed by atoms with Crippen LogP contribution in [0, 0.1) is 0 Å². The summed E-state index contributed by atoms with van der Waals surface area (Å²) in [5, 5.41) is 3.70. The van der Waals surface area contributed by atoms with Crippen molar-refractivity contribution in [3.8, 4) is 11.4 Å².